The number of hydrogen-bond acceptors (Lipinski definition) is 3. The minimum absolute atomic E-state index is 0.0457. The third kappa shape index (κ3) is 4.03. The van der Waals surface area contributed by atoms with Crippen LogP contribution >= 0.6 is 0 Å². The van der Waals surface area contributed by atoms with Crippen LogP contribution in [0.25, 0.3) is 10.9 Å². The molecule has 0 fully saturated rings. The van der Waals surface area contributed by atoms with Crippen molar-refractivity contribution >= 4 is 16.8 Å². The number of nitrogens with zero attached hydrogens (tertiary/aromatic N) is 1. The maximum absolute atomic E-state index is 11.4. The fourth-order valence-corrected chi connectivity index (χ4v) is 1.88. The van der Waals surface area contributed by atoms with Gasteiger partial charge in [-0.3, -0.25) is 9.78 Å². The lowest BCUT2D eigenvalue weighted by molar-refractivity contribution is -0.120. The van der Waals surface area contributed by atoms with Gasteiger partial charge in [-0.25, -0.2) is 0 Å². The van der Waals surface area contributed by atoms with Gasteiger partial charge in [0.2, 0.25) is 5.91 Å². The first-order valence-electron chi connectivity index (χ1n) is 6.60. The second-order valence-electron chi connectivity index (χ2n) is 4.48. The van der Waals surface area contributed by atoms with Crippen LogP contribution in [0, 0.1) is 0 Å². The van der Waals surface area contributed by atoms with E-state index in [1.807, 2.05) is 31.2 Å². The zero-order valence-corrected chi connectivity index (χ0v) is 11.1. The van der Waals surface area contributed by atoms with E-state index in [9.17, 15) is 4.79 Å². The van der Waals surface area contributed by atoms with Crippen molar-refractivity contribution in [2.75, 3.05) is 13.1 Å². The Morgan fingerprint density at radius 2 is 2.21 bits per heavy atom. The molecule has 0 saturated heterocycles. The quantitative estimate of drug-likeness (QED) is 0.830. The van der Waals surface area contributed by atoms with Crippen molar-refractivity contribution in [2.45, 2.75) is 19.9 Å². The molecule has 1 aromatic carbocycles. The summed E-state index contributed by atoms with van der Waals surface area (Å²) in [5, 5.41) is 7.10. The summed E-state index contributed by atoms with van der Waals surface area (Å²) >= 11 is 0. The zero-order valence-electron chi connectivity index (χ0n) is 11.1. The Labute approximate surface area is 113 Å². The average molecular weight is 257 g/mol. The second kappa shape index (κ2) is 6.85. The van der Waals surface area contributed by atoms with Crippen LogP contribution in [0.3, 0.4) is 0 Å². The number of fused-ring (bicyclic) bond motifs is 1. The smallest absolute Gasteiger partial charge is 0.233 e. The van der Waals surface area contributed by atoms with Crippen molar-refractivity contribution in [3.8, 4) is 0 Å². The Balaban J connectivity index is 1.86. The number of carbonyl (C=O) groups is 1. The van der Waals surface area contributed by atoms with E-state index in [0.717, 1.165) is 29.4 Å². The van der Waals surface area contributed by atoms with E-state index < -0.39 is 0 Å². The molecule has 0 bridgehead atoms. The number of rotatable bonds is 6. The Bertz CT molecular complexity index is 554. The largest absolute Gasteiger partial charge is 0.355 e. The van der Waals surface area contributed by atoms with Crippen LogP contribution in [0.15, 0.2) is 36.5 Å². The van der Waals surface area contributed by atoms with Gasteiger partial charge in [-0.1, -0.05) is 19.1 Å². The van der Waals surface area contributed by atoms with Gasteiger partial charge >= 0.3 is 0 Å². The van der Waals surface area contributed by atoms with Gasteiger partial charge in [0, 0.05) is 24.7 Å². The Hall–Kier alpha value is -1.94. The normalized spacial score (nSPS) is 10.6. The van der Waals surface area contributed by atoms with E-state index in [1.54, 1.807) is 6.20 Å². The first-order valence-corrected chi connectivity index (χ1v) is 6.60. The first kappa shape index (κ1) is 13.5. The first-order chi connectivity index (χ1) is 9.29. The predicted molar refractivity (Wildman–Crippen MR) is 76.8 cm³/mol. The van der Waals surface area contributed by atoms with Crippen molar-refractivity contribution in [3.05, 3.63) is 42.1 Å². The van der Waals surface area contributed by atoms with Crippen LogP contribution in [0.2, 0.25) is 0 Å². The molecule has 2 N–H and O–H groups in total. The molecule has 0 aliphatic rings. The lowest BCUT2D eigenvalue weighted by atomic mass is 10.1. The lowest BCUT2D eigenvalue weighted by Gasteiger charge is -2.06. The minimum Gasteiger partial charge on any atom is -0.355 e. The number of nitrogens with one attached hydrogen (secondary N) is 2. The second-order valence-corrected chi connectivity index (χ2v) is 4.48. The van der Waals surface area contributed by atoms with Gasteiger partial charge in [0.1, 0.15) is 0 Å². The monoisotopic (exact) mass is 257 g/mol. The molecule has 2 rings (SSSR count). The van der Waals surface area contributed by atoms with Crippen molar-refractivity contribution in [1.82, 2.24) is 15.6 Å². The number of amides is 1. The number of aromatic nitrogens is 1. The molecule has 0 aliphatic heterocycles. The fourth-order valence-electron chi connectivity index (χ4n) is 1.88. The van der Waals surface area contributed by atoms with E-state index in [1.165, 1.54) is 0 Å². The van der Waals surface area contributed by atoms with Gasteiger partial charge in [-0.15, -0.1) is 0 Å². The topological polar surface area (TPSA) is 54.0 Å². The van der Waals surface area contributed by atoms with E-state index in [0.29, 0.717) is 13.1 Å². The van der Waals surface area contributed by atoms with Crippen LogP contribution in [0.4, 0.5) is 0 Å². The van der Waals surface area contributed by atoms with Crippen molar-refractivity contribution < 1.29 is 4.79 Å². The number of benzene rings is 1. The SMILES string of the molecule is CCCNC(=O)CNCc1ccc2ncccc2c1. The van der Waals surface area contributed by atoms with Crippen LogP contribution in [-0.4, -0.2) is 24.0 Å². The van der Waals surface area contributed by atoms with Crippen LogP contribution in [0.1, 0.15) is 18.9 Å². The molecule has 1 aromatic heterocycles. The summed E-state index contributed by atoms with van der Waals surface area (Å²) in [7, 11) is 0. The molecule has 100 valence electrons. The third-order valence-corrected chi connectivity index (χ3v) is 2.85. The Morgan fingerprint density at radius 3 is 3.05 bits per heavy atom. The molecule has 0 atom stereocenters. The summed E-state index contributed by atoms with van der Waals surface area (Å²) in [6.07, 6.45) is 2.75. The predicted octanol–water partition coefficient (Wildman–Crippen LogP) is 1.85. The lowest BCUT2D eigenvalue weighted by Crippen LogP contribution is -2.33. The summed E-state index contributed by atoms with van der Waals surface area (Å²) in [4.78, 5) is 15.7. The molecule has 0 radical (unpaired) electrons. The van der Waals surface area contributed by atoms with Gasteiger partial charge in [-0.05, 0) is 30.2 Å². The summed E-state index contributed by atoms with van der Waals surface area (Å²) in [6.45, 7) is 3.81. The van der Waals surface area contributed by atoms with Gasteiger partial charge in [-0.2, -0.15) is 0 Å². The molecular formula is C15H19N3O. The molecule has 2 aromatic rings. The Kier molecular flexibility index (Phi) is 4.86. The molecule has 0 saturated carbocycles. The highest BCUT2D eigenvalue weighted by Gasteiger charge is 2.00. The van der Waals surface area contributed by atoms with Gasteiger partial charge in [0.05, 0.1) is 12.1 Å². The van der Waals surface area contributed by atoms with Gasteiger partial charge < -0.3 is 10.6 Å². The molecule has 19 heavy (non-hydrogen) atoms. The van der Waals surface area contributed by atoms with Gasteiger partial charge in [0.15, 0.2) is 0 Å². The highest BCUT2D eigenvalue weighted by Crippen LogP contribution is 2.12. The van der Waals surface area contributed by atoms with E-state index >= 15 is 0 Å². The summed E-state index contributed by atoms with van der Waals surface area (Å²) in [5.41, 5.74) is 2.15. The fraction of sp³-hybridized carbons (Fsp3) is 0.333. The third-order valence-electron chi connectivity index (χ3n) is 2.85. The summed E-state index contributed by atoms with van der Waals surface area (Å²) < 4.78 is 0. The maximum Gasteiger partial charge on any atom is 0.233 e. The van der Waals surface area contributed by atoms with Crippen LogP contribution < -0.4 is 10.6 Å². The molecule has 0 aliphatic carbocycles. The summed E-state index contributed by atoms with van der Waals surface area (Å²) in [6, 6.07) is 10.1. The Morgan fingerprint density at radius 1 is 1.32 bits per heavy atom. The average Bonchev–Trinajstić information content (AvgIpc) is 2.45. The highest BCUT2D eigenvalue weighted by molar-refractivity contribution is 5.79. The van der Waals surface area contributed by atoms with Gasteiger partial charge in [0.25, 0.3) is 0 Å². The number of hydrogen-bond donors (Lipinski definition) is 2. The molecule has 0 spiro atoms. The van der Waals surface area contributed by atoms with Crippen LogP contribution in [-0.2, 0) is 11.3 Å². The molecule has 0 unspecified atom stereocenters. The molecule has 4 nitrogen and oxygen atoms in total. The maximum atomic E-state index is 11.4. The molecule has 4 heteroatoms. The number of pyridine rings is 1. The van der Waals surface area contributed by atoms with Crippen LogP contribution in [0.5, 0.6) is 0 Å². The van der Waals surface area contributed by atoms with Crippen molar-refractivity contribution in [2.24, 2.45) is 0 Å². The highest BCUT2D eigenvalue weighted by atomic mass is 16.1. The zero-order chi connectivity index (χ0) is 13.5. The molecular weight excluding hydrogens is 238 g/mol. The van der Waals surface area contributed by atoms with E-state index in [4.69, 9.17) is 0 Å². The molecule has 1 heterocycles. The van der Waals surface area contributed by atoms with Crippen molar-refractivity contribution in [1.29, 1.82) is 0 Å². The molecule has 1 amide bonds. The summed E-state index contributed by atoms with van der Waals surface area (Å²) in [5.74, 6) is 0.0457. The number of carbonyl (C=O) groups excluding carboxylic acids is 1. The standard InChI is InChI=1S/C15H19N3O/c1-2-7-18-15(19)11-16-10-12-5-6-14-13(9-12)4-3-8-17-14/h3-6,8-9,16H,2,7,10-11H2,1H3,(H,18,19). The van der Waals surface area contributed by atoms with Crippen molar-refractivity contribution in [3.63, 3.8) is 0 Å². The van der Waals surface area contributed by atoms with E-state index in [2.05, 4.69) is 21.7 Å². The minimum atomic E-state index is 0.0457. The van der Waals surface area contributed by atoms with E-state index in [-0.39, 0.29) is 5.91 Å².